The number of aryl methyl sites for hydroxylation is 1. The number of nitrogens with one attached hydrogen (secondary N) is 1. The van der Waals surface area contributed by atoms with E-state index >= 15 is 0 Å². The number of hydrogen-bond donors (Lipinski definition) is 1. The van der Waals surface area contributed by atoms with Gasteiger partial charge in [0.1, 0.15) is 0 Å². The van der Waals surface area contributed by atoms with E-state index in [9.17, 15) is 4.79 Å². The molecule has 2 aromatic rings. The first-order chi connectivity index (χ1) is 13.1. The lowest BCUT2D eigenvalue weighted by molar-refractivity contribution is -0.131. The molecular weight excluding hydrogens is 405 g/mol. The highest BCUT2D eigenvalue weighted by Crippen LogP contribution is 2.20. The first-order valence-corrected chi connectivity index (χ1v) is 9.90. The van der Waals surface area contributed by atoms with Gasteiger partial charge in [-0.3, -0.25) is 4.79 Å². The maximum absolute atomic E-state index is 13.0. The summed E-state index contributed by atoms with van der Waals surface area (Å²) in [7, 11) is 4.10. The summed E-state index contributed by atoms with van der Waals surface area (Å²) >= 11 is 0. The highest BCUT2D eigenvalue weighted by Gasteiger charge is 2.17. The predicted molar refractivity (Wildman–Crippen MR) is 125 cm³/mol. The summed E-state index contributed by atoms with van der Waals surface area (Å²) in [5.41, 5.74) is 5.37. The van der Waals surface area contributed by atoms with Crippen molar-refractivity contribution in [3.05, 3.63) is 70.8 Å². The van der Waals surface area contributed by atoms with Gasteiger partial charge in [0, 0.05) is 32.6 Å². The Hall–Kier alpha value is -1.59. The van der Waals surface area contributed by atoms with E-state index in [2.05, 4.69) is 54.6 Å². The quantitative estimate of drug-likeness (QED) is 0.683. The van der Waals surface area contributed by atoms with Gasteiger partial charge in [0.2, 0.25) is 5.91 Å². The Morgan fingerprint density at radius 1 is 1.00 bits per heavy atom. The molecule has 0 saturated carbocycles. The van der Waals surface area contributed by atoms with E-state index < -0.39 is 0 Å². The van der Waals surface area contributed by atoms with Crippen molar-refractivity contribution in [1.82, 2.24) is 15.1 Å². The van der Waals surface area contributed by atoms with Crippen LogP contribution in [0.4, 0.5) is 0 Å². The Labute approximate surface area is 187 Å². The largest absolute Gasteiger partial charge is 0.337 e. The third-order valence-electron chi connectivity index (χ3n) is 5.23. The Bertz CT molecular complexity index is 753. The number of carbonyl (C=O) groups is 1. The van der Waals surface area contributed by atoms with Crippen molar-refractivity contribution in [3.63, 3.8) is 0 Å². The minimum Gasteiger partial charge on any atom is -0.337 e. The van der Waals surface area contributed by atoms with Crippen LogP contribution in [-0.2, 0) is 30.7 Å². The van der Waals surface area contributed by atoms with Crippen LogP contribution >= 0.6 is 24.8 Å². The number of rotatable bonds is 8. The van der Waals surface area contributed by atoms with E-state index in [1.54, 1.807) is 0 Å². The summed E-state index contributed by atoms with van der Waals surface area (Å²) in [6.07, 6.45) is 2.47. The number of carbonyl (C=O) groups excluding carboxylic acids is 1. The number of nitrogens with zero attached hydrogens (tertiary/aromatic N) is 2. The molecule has 0 saturated heterocycles. The Morgan fingerprint density at radius 3 is 2.48 bits per heavy atom. The molecule has 0 unspecified atom stereocenters. The molecule has 160 valence electrons. The highest BCUT2D eigenvalue weighted by atomic mass is 35.5. The average molecular weight is 438 g/mol. The van der Waals surface area contributed by atoms with Crippen LogP contribution in [0.25, 0.3) is 0 Å². The summed E-state index contributed by atoms with van der Waals surface area (Å²) in [6, 6.07) is 16.8. The fourth-order valence-electron chi connectivity index (χ4n) is 3.66. The first kappa shape index (κ1) is 25.4. The topological polar surface area (TPSA) is 35.6 Å². The van der Waals surface area contributed by atoms with Gasteiger partial charge in [0.25, 0.3) is 0 Å². The monoisotopic (exact) mass is 437 g/mol. The summed E-state index contributed by atoms with van der Waals surface area (Å²) in [5, 5.41) is 3.43. The molecule has 0 atom stereocenters. The molecule has 1 N–H and O–H groups in total. The molecule has 6 heteroatoms. The van der Waals surface area contributed by atoms with Crippen molar-refractivity contribution in [3.8, 4) is 0 Å². The van der Waals surface area contributed by atoms with Crippen LogP contribution in [0, 0.1) is 0 Å². The van der Waals surface area contributed by atoms with E-state index in [4.69, 9.17) is 0 Å². The maximum atomic E-state index is 13.0. The molecule has 29 heavy (non-hydrogen) atoms. The van der Waals surface area contributed by atoms with Gasteiger partial charge in [0.15, 0.2) is 0 Å². The summed E-state index contributed by atoms with van der Waals surface area (Å²) < 4.78 is 0. The van der Waals surface area contributed by atoms with E-state index in [1.165, 1.54) is 22.3 Å². The molecule has 4 nitrogen and oxygen atoms in total. The third kappa shape index (κ3) is 7.63. The van der Waals surface area contributed by atoms with E-state index in [0.29, 0.717) is 13.0 Å². The summed E-state index contributed by atoms with van der Waals surface area (Å²) in [5.74, 6) is 0.243. The lowest BCUT2D eigenvalue weighted by atomic mass is 9.93. The fraction of sp³-hybridized carbons (Fsp3) is 0.435. The second kappa shape index (κ2) is 12.9. The normalized spacial score (nSPS) is 12.5. The van der Waals surface area contributed by atoms with Crippen LogP contribution in [0.2, 0.25) is 0 Å². The van der Waals surface area contributed by atoms with Gasteiger partial charge in [-0.15, -0.1) is 24.8 Å². The number of halogens is 2. The van der Waals surface area contributed by atoms with Crippen LogP contribution in [0.3, 0.4) is 0 Å². The number of amides is 1. The van der Waals surface area contributed by atoms with E-state index in [1.807, 2.05) is 23.1 Å². The zero-order valence-corrected chi connectivity index (χ0v) is 19.0. The predicted octanol–water partition coefficient (Wildman–Crippen LogP) is 3.70. The van der Waals surface area contributed by atoms with Crippen molar-refractivity contribution in [2.45, 2.75) is 32.4 Å². The third-order valence-corrected chi connectivity index (χ3v) is 5.23. The van der Waals surface area contributed by atoms with Crippen LogP contribution in [-0.4, -0.2) is 49.4 Å². The Morgan fingerprint density at radius 2 is 1.76 bits per heavy atom. The van der Waals surface area contributed by atoms with Crippen LogP contribution in [0.15, 0.2) is 48.5 Å². The molecule has 2 aromatic carbocycles. The van der Waals surface area contributed by atoms with Gasteiger partial charge in [-0.05, 0) is 55.7 Å². The number of likely N-dealkylation sites (N-methyl/N-ethyl adjacent to an activating group) is 1. The second-order valence-electron chi connectivity index (χ2n) is 7.59. The zero-order valence-electron chi connectivity index (χ0n) is 17.4. The van der Waals surface area contributed by atoms with Crippen LogP contribution in [0.1, 0.15) is 28.7 Å². The molecular formula is C23H33Cl2N3O. The van der Waals surface area contributed by atoms with Crippen molar-refractivity contribution in [2.75, 3.05) is 33.7 Å². The van der Waals surface area contributed by atoms with Gasteiger partial charge >= 0.3 is 0 Å². The highest BCUT2D eigenvalue weighted by molar-refractivity contribution is 5.85. The molecule has 0 spiro atoms. The molecule has 0 fully saturated rings. The average Bonchev–Trinajstić information content (AvgIpc) is 2.70. The molecule has 1 amide bonds. The molecule has 0 aliphatic carbocycles. The number of benzene rings is 2. The van der Waals surface area contributed by atoms with Gasteiger partial charge < -0.3 is 15.1 Å². The van der Waals surface area contributed by atoms with Crippen molar-refractivity contribution < 1.29 is 4.79 Å². The minimum atomic E-state index is 0. The standard InChI is InChI=1S/C23H31N3O.2ClH/c1-25(2)15-16-26(18-19-7-4-3-5-8-19)23(27)12-11-20-9-6-10-21-17-24-14-13-22(20)21;;/h3-10,24H,11-18H2,1-2H3;2*1H. The Balaban J connectivity index is 0.00000210. The van der Waals surface area contributed by atoms with Crippen molar-refractivity contribution in [1.29, 1.82) is 0 Å². The maximum Gasteiger partial charge on any atom is 0.223 e. The molecule has 3 rings (SSSR count). The van der Waals surface area contributed by atoms with Gasteiger partial charge in [0.05, 0.1) is 0 Å². The Kier molecular flexibility index (Phi) is 11.3. The first-order valence-electron chi connectivity index (χ1n) is 9.90. The SMILES string of the molecule is CN(C)CCN(Cc1ccccc1)C(=O)CCc1cccc2c1CCNC2.Cl.Cl. The van der Waals surface area contributed by atoms with Crippen molar-refractivity contribution >= 4 is 30.7 Å². The molecule has 0 aromatic heterocycles. The lowest BCUT2D eigenvalue weighted by Gasteiger charge is -2.25. The minimum absolute atomic E-state index is 0. The smallest absolute Gasteiger partial charge is 0.223 e. The zero-order chi connectivity index (χ0) is 19.1. The van der Waals surface area contributed by atoms with Gasteiger partial charge in [-0.2, -0.15) is 0 Å². The summed E-state index contributed by atoms with van der Waals surface area (Å²) in [6.45, 7) is 4.30. The fourth-order valence-corrected chi connectivity index (χ4v) is 3.66. The second-order valence-corrected chi connectivity index (χ2v) is 7.59. The van der Waals surface area contributed by atoms with Gasteiger partial charge in [-0.1, -0.05) is 48.5 Å². The summed E-state index contributed by atoms with van der Waals surface area (Å²) in [4.78, 5) is 17.1. The van der Waals surface area contributed by atoms with E-state index in [0.717, 1.165) is 39.0 Å². The van der Waals surface area contributed by atoms with Crippen molar-refractivity contribution in [2.24, 2.45) is 0 Å². The van der Waals surface area contributed by atoms with E-state index in [-0.39, 0.29) is 30.7 Å². The molecule has 1 aliphatic heterocycles. The molecule has 0 radical (unpaired) electrons. The van der Waals surface area contributed by atoms with Crippen LogP contribution < -0.4 is 5.32 Å². The number of fused-ring (bicyclic) bond motifs is 1. The molecule has 0 bridgehead atoms. The number of hydrogen-bond acceptors (Lipinski definition) is 3. The molecule has 1 heterocycles. The molecule has 1 aliphatic rings. The lowest BCUT2D eigenvalue weighted by Crippen LogP contribution is -2.36. The van der Waals surface area contributed by atoms with Gasteiger partial charge in [-0.25, -0.2) is 0 Å². The van der Waals surface area contributed by atoms with Crippen LogP contribution in [0.5, 0.6) is 0 Å².